The maximum absolute atomic E-state index is 12.7. The zero-order valence-corrected chi connectivity index (χ0v) is 22.2. The molecule has 2 aromatic carbocycles. The predicted molar refractivity (Wildman–Crippen MR) is 142 cm³/mol. The average molecular weight is 568 g/mol. The van der Waals surface area contributed by atoms with Gasteiger partial charge in [-0.05, 0) is 35.9 Å². The van der Waals surface area contributed by atoms with Crippen LogP contribution >= 0.6 is 57.9 Å². The molecule has 7 nitrogen and oxygen atoms in total. The Morgan fingerprint density at radius 2 is 1.77 bits per heavy atom. The highest BCUT2D eigenvalue weighted by atomic mass is 35.5. The summed E-state index contributed by atoms with van der Waals surface area (Å²) in [5.41, 5.74) is 2.48. The lowest BCUT2D eigenvalue weighted by Gasteiger charge is -2.08. The van der Waals surface area contributed by atoms with Crippen molar-refractivity contribution in [1.82, 2.24) is 14.8 Å². The zero-order chi connectivity index (χ0) is 25.1. The minimum Gasteiger partial charge on any atom is -0.465 e. The number of thioether (sulfide) groups is 1. The second kappa shape index (κ2) is 11.0. The molecule has 2 aromatic heterocycles. The Morgan fingerprint density at radius 3 is 2.46 bits per heavy atom. The number of nitrogens with one attached hydrogen (secondary N) is 1. The van der Waals surface area contributed by atoms with Crippen molar-refractivity contribution in [2.24, 2.45) is 7.05 Å². The molecule has 180 valence electrons. The van der Waals surface area contributed by atoms with E-state index in [-0.39, 0.29) is 11.7 Å². The van der Waals surface area contributed by atoms with Crippen molar-refractivity contribution in [3.8, 4) is 22.5 Å². The first-order chi connectivity index (χ1) is 16.8. The van der Waals surface area contributed by atoms with E-state index in [0.717, 1.165) is 11.1 Å². The SMILES string of the molecule is COC(=O)c1c(-c2ccc(Cl)cc2)csc1NC(=O)CSc1nnc(-c2ccc(Cl)c(Cl)c2)n1C. The molecule has 0 radical (unpaired) electrons. The number of esters is 1. The molecule has 0 aliphatic heterocycles. The van der Waals surface area contributed by atoms with Gasteiger partial charge >= 0.3 is 5.97 Å². The van der Waals surface area contributed by atoms with Crippen molar-refractivity contribution in [3.63, 3.8) is 0 Å². The fraction of sp³-hybridized carbons (Fsp3) is 0.130. The van der Waals surface area contributed by atoms with E-state index in [1.165, 1.54) is 30.2 Å². The molecule has 0 atom stereocenters. The van der Waals surface area contributed by atoms with Gasteiger partial charge in [0.25, 0.3) is 0 Å². The van der Waals surface area contributed by atoms with E-state index in [1.54, 1.807) is 59.5 Å². The first-order valence-corrected chi connectivity index (χ1v) is 13.0. The number of nitrogens with zero attached hydrogens (tertiary/aromatic N) is 3. The Kier molecular flexibility index (Phi) is 8.03. The molecular weight excluding hydrogens is 551 g/mol. The molecule has 2 heterocycles. The number of benzene rings is 2. The summed E-state index contributed by atoms with van der Waals surface area (Å²) in [6.45, 7) is 0. The van der Waals surface area contributed by atoms with Crippen LogP contribution in [0.5, 0.6) is 0 Å². The van der Waals surface area contributed by atoms with Crippen LogP contribution in [0.3, 0.4) is 0 Å². The van der Waals surface area contributed by atoms with Crippen molar-refractivity contribution < 1.29 is 14.3 Å². The van der Waals surface area contributed by atoms with Crippen molar-refractivity contribution in [1.29, 1.82) is 0 Å². The number of carbonyl (C=O) groups excluding carboxylic acids is 2. The molecule has 0 bridgehead atoms. The topological polar surface area (TPSA) is 86.1 Å². The van der Waals surface area contributed by atoms with Gasteiger partial charge < -0.3 is 14.6 Å². The van der Waals surface area contributed by atoms with Crippen LogP contribution in [0.15, 0.2) is 53.0 Å². The summed E-state index contributed by atoms with van der Waals surface area (Å²) < 4.78 is 6.72. The van der Waals surface area contributed by atoms with Crippen LogP contribution in [-0.2, 0) is 16.6 Å². The van der Waals surface area contributed by atoms with Crippen LogP contribution in [0, 0.1) is 0 Å². The molecule has 35 heavy (non-hydrogen) atoms. The van der Waals surface area contributed by atoms with Gasteiger partial charge in [0.2, 0.25) is 5.91 Å². The van der Waals surface area contributed by atoms with E-state index in [4.69, 9.17) is 39.5 Å². The van der Waals surface area contributed by atoms with Crippen LogP contribution in [0.1, 0.15) is 10.4 Å². The molecule has 4 aromatic rings. The molecule has 1 amide bonds. The van der Waals surface area contributed by atoms with Crippen molar-refractivity contribution in [2.45, 2.75) is 5.16 Å². The van der Waals surface area contributed by atoms with Gasteiger partial charge in [-0.3, -0.25) is 4.79 Å². The number of hydrogen-bond acceptors (Lipinski definition) is 7. The number of amides is 1. The van der Waals surface area contributed by atoms with Crippen LogP contribution in [0.25, 0.3) is 22.5 Å². The summed E-state index contributed by atoms with van der Waals surface area (Å²) in [5.74, 6) is -0.199. The number of hydrogen-bond donors (Lipinski definition) is 1. The Hall–Kier alpha value is -2.56. The Bertz CT molecular complexity index is 1400. The summed E-state index contributed by atoms with van der Waals surface area (Å²) in [6.07, 6.45) is 0. The predicted octanol–water partition coefficient (Wildman–Crippen LogP) is 6.69. The van der Waals surface area contributed by atoms with Crippen molar-refractivity contribution >= 4 is 74.8 Å². The number of anilines is 1. The van der Waals surface area contributed by atoms with Gasteiger partial charge in [0.1, 0.15) is 10.6 Å². The lowest BCUT2D eigenvalue weighted by atomic mass is 10.0. The van der Waals surface area contributed by atoms with E-state index in [0.29, 0.717) is 42.2 Å². The van der Waals surface area contributed by atoms with E-state index < -0.39 is 5.97 Å². The molecule has 0 spiro atoms. The summed E-state index contributed by atoms with van der Waals surface area (Å²) >= 11 is 20.5. The monoisotopic (exact) mass is 566 g/mol. The van der Waals surface area contributed by atoms with Crippen LogP contribution in [-0.4, -0.2) is 39.5 Å². The third-order valence-electron chi connectivity index (χ3n) is 4.93. The smallest absolute Gasteiger partial charge is 0.341 e. The van der Waals surface area contributed by atoms with Gasteiger partial charge in [0.15, 0.2) is 11.0 Å². The molecule has 0 saturated carbocycles. The standard InChI is InChI=1S/C23H17Cl3N4O3S2/c1-30-20(13-5-8-16(25)17(26)9-13)28-29-23(30)35-11-18(31)27-21-19(22(32)33-2)15(10-34-21)12-3-6-14(24)7-4-12/h3-10H,11H2,1-2H3,(H,27,31). The highest BCUT2D eigenvalue weighted by Crippen LogP contribution is 2.37. The fourth-order valence-electron chi connectivity index (χ4n) is 3.22. The summed E-state index contributed by atoms with van der Waals surface area (Å²) in [6, 6.07) is 12.3. The van der Waals surface area contributed by atoms with Gasteiger partial charge in [0.05, 0.1) is 22.9 Å². The molecule has 1 N–H and O–H groups in total. The maximum atomic E-state index is 12.7. The Balaban J connectivity index is 1.48. The first-order valence-electron chi connectivity index (χ1n) is 10.0. The number of ether oxygens (including phenoxy) is 1. The highest BCUT2D eigenvalue weighted by Gasteiger charge is 2.23. The Labute approximate surface area is 224 Å². The van der Waals surface area contributed by atoms with Crippen LogP contribution < -0.4 is 5.32 Å². The molecule has 0 saturated heterocycles. The molecule has 4 rings (SSSR count). The largest absolute Gasteiger partial charge is 0.465 e. The minimum atomic E-state index is -0.543. The number of thiophene rings is 1. The third-order valence-corrected chi connectivity index (χ3v) is 7.84. The lowest BCUT2D eigenvalue weighted by Crippen LogP contribution is -2.16. The number of rotatable bonds is 7. The average Bonchev–Trinajstić information content (AvgIpc) is 3.43. The number of halogens is 3. The van der Waals surface area contributed by atoms with Gasteiger partial charge in [0, 0.05) is 28.6 Å². The van der Waals surface area contributed by atoms with E-state index >= 15 is 0 Å². The summed E-state index contributed by atoms with van der Waals surface area (Å²) in [5, 5.41) is 15.4. The summed E-state index contributed by atoms with van der Waals surface area (Å²) in [7, 11) is 3.09. The van der Waals surface area contributed by atoms with Gasteiger partial charge in [-0.2, -0.15) is 0 Å². The van der Waals surface area contributed by atoms with E-state index in [9.17, 15) is 9.59 Å². The van der Waals surface area contributed by atoms with Gasteiger partial charge in [-0.1, -0.05) is 58.7 Å². The van der Waals surface area contributed by atoms with Crippen molar-refractivity contribution in [2.75, 3.05) is 18.2 Å². The highest BCUT2D eigenvalue weighted by molar-refractivity contribution is 7.99. The Morgan fingerprint density at radius 1 is 1.06 bits per heavy atom. The summed E-state index contributed by atoms with van der Waals surface area (Å²) in [4.78, 5) is 25.2. The first kappa shape index (κ1) is 25.5. The lowest BCUT2D eigenvalue weighted by molar-refractivity contribution is -0.113. The second-order valence-electron chi connectivity index (χ2n) is 7.18. The van der Waals surface area contributed by atoms with Crippen molar-refractivity contribution in [3.05, 3.63) is 68.5 Å². The molecule has 12 heteroatoms. The quantitative estimate of drug-likeness (QED) is 0.198. The number of aromatic nitrogens is 3. The number of methoxy groups -OCH3 is 1. The molecule has 0 unspecified atom stereocenters. The third kappa shape index (κ3) is 5.65. The van der Waals surface area contributed by atoms with Crippen LogP contribution in [0.2, 0.25) is 15.1 Å². The zero-order valence-electron chi connectivity index (χ0n) is 18.3. The maximum Gasteiger partial charge on any atom is 0.341 e. The minimum absolute atomic E-state index is 0.0577. The van der Waals surface area contributed by atoms with Gasteiger partial charge in [-0.15, -0.1) is 21.5 Å². The fourth-order valence-corrected chi connectivity index (χ4v) is 5.33. The second-order valence-corrected chi connectivity index (χ2v) is 10.3. The molecular formula is C23H17Cl3N4O3S2. The van der Waals surface area contributed by atoms with Crippen LogP contribution in [0.4, 0.5) is 5.00 Å². The van der Waals surface area contributed by atoms with E-state index in [1.807, 2.05) is 0 Å². The molecule has 0 aliphatic carbocycles. The number of carbonyl (C=O) groups is 2. The normalized spacial score (nSPS) is 10.9. The molecule has 0 fully saturated rings. The molecule has 0 aliphatic rings. The van der Waals surface area contributed by atoms with Gasteiger partial charge in [-0.25, -0.2) is 4.79 Å². The van der Waals surface area contributed by atoms with E-state index in [2.05, 4.69) is 15.5 Å².